The Morgan fingerprint density at radius 1 is 1.14 bits per heavy atom. The van der Waals surface area contributed by atoms with Crippen LogP contribution < -0.4 is 10.5 Å². The third kappa shape index (κ3) is 3.12. The Labute approximate surface area is 135 Å². The van der Waals surface area contributed by atoms with Crippen LogP contribution in [0.1, 0.15) is 5.56 Å². The summed E-state index contributed by atoms with van der Waals surface area (Å²) >= 11 is 9.50. The summed E-state index contributed by atoms with van der Waals surface area (Å²) in [6, 6.07) is 15.3. The third-order valence-electron chi connectivity index (χ3n) is 3.11. The smallest absolute Gasteiger partial charge is 0.139 e. The zero-order valence-corrected chi connectivity index (χ0v) is 13.4. The van der Waals surface area contributed by atoms with Gasteiger partial charge in [-0.3, -0.25) is 0 Å². The number of benzene rings is 2. The molecule has 106 valence electrons. The second-order valence-corrected chi connectivity index (χ2v) is 5.91. The molecule has 1 heterocycles. The van der Waals surface area contributed by atoms with Gasteiger partial charge in [-0.15, -0.1) is 0 Å². The Hall–Kier alpha value is -1.78. The Bertz CT molecular complexity index is 807. The average molecular weight is 364 g/mol. The molecule has 0 atom stereocenters. The zero-order chi connectivity index (χ0) is 14.8. The number of hydrogen-bond acceptors (Lipinski definition) is 3. The Balaban J connectivity index is 1.88. The van der Waals surface area contributed by atoms with Crippen molar-refractivity contribution < 1.29 is 4.74 Å². The Morgan fingerprint density at radius 2 is 1.95 bits per heavy atom. The van der Waals surface area contributed by atoms with Crippen molar-refractivity contribution in [2.75, 3.05) is 5.73 Å². The van der Waals surface area contributed by atoms with Crippen LogP contribution in [-0.2, 0) is 6.61 Å². The quantitative estimate of drug-likeness (QED) is 0.726. The lowest BCUT2D eigenvalue weighted by Gasteiger charge is -2.11. The molecule has 3 aromatic rings. The lowest BCUT2D eigenvalue weighted by Crippen LogP contribution is -2.03. The maximum Gasteiger partial charge on any atom is 0.139 e. The largest absolute Gasteiger partial charge is 0.487 e. The lowest BCUT2D eigenvalue weighted by molar-refractivity contribution is 0.307. The van der Waals surface area contributed by atoms with E-state index in [0.29, 0.717) is 23.2 Å². The van der Waals surface area contributed by atoms with E-state index in [9.17, 15) is 0 Å². The van der Waals surface area contributed by atoms with Gasteiger partial charge in [0.05, 0.1) is 10.5 Å². The number of hydrogen-bond donors (Lipinski definition) is 1. The number of fused-ring (bicyclic) bond motifs is 1. The van der Waals surface area contributed by atoms with Crippen LogP contribution in [-0.4, -0.2) is 4.98 Å². The van der Waals surface area contributed by atoms with Crippen molar-refractivity contribution in [2.24, 2.45) is 0 Å². The van der Waals surface area contributed by atoms with Gasteiger partial charge in [-0.1, -0.05) is 45.7 Å². The fraction of sp³-hybridized carbons (Fsp3) is 0.0625. The highest BCUT2D eigenvalue weighted by atomic mass is 79.9. The molecule has 2 N–H and O–H groups in total. The molecule has 0 bridgehead atoms. The van der Waals surface area contributed by atoms with Crippen LogP contribution in [0.15, 0.2) is 53.0 Å². The van der Waals surface area contributed by atoms with Gasteiger partial charge in [-0.25, -0.2) is 4.98 Å². The fourth-order valence-electron chi connectivity index (χ4n) is 2.03. The number of ether oxygens (including phenoxy) is 1. The van der Waals surface area contributed by atoms with Gasteiger partial charge in [0.2, 0.25) is 0 Å². The molecule has 2 aromatic carbocycles. The second-order valence-electron chi connectivity index (χ2n) is 4.59. The molecule has 1 aromatic heterocycles. The van der Waals surface area contributed by atoms with Crippen molar-refractivity contribution in [2.45, 2.75) is 6.61 Å². The van der Waals surface area contributed by atoms with Crippen molar-refractivity contribution in [1.29, 1.82) is 0 Å². The number of anilines is 1. The molecule has 0 unspecified atom stereocenters. The van der Waals surface area contributed by atoms with Gasteiger partial charge in [0, 0.05) is 15.4 Å². The maximum absolute atomic E-state index is 6.10. The van der Waals surface area contributed by atoms with Gasteiger partial charge in [0.25, 0.3) is 0 Å². The van der Waals surface area contributed by atoms with Crippen molar-refractivity contribution in [3.63, 3.8) is 0 Å². The zero-order valence-electron chi connectivity index (χ0n) is 11.0. The normalized spacial score (nSPS) is 10.8. The van der Waals surface area contributed by atoms with E-state index in [0.717, 1.165) is 20.9 Å². The minimum Gasteiger partial charge on any atom is -0.487 e. The van der Waals surface area contributed by atoms with Gasteiger partial charge < -0.3 is 10.5 Å². The number of pyridine rings is 1. The molecule has 0 saturated carbocycles. The van der Waals surface area contributed by atoms with Gasteiger partial charge in [-0.2, -0.15) is 0 Å². The molecule has 3 rings (SSSR count). The number of nitrogen functional groups attached to an aromatic ring is 1. The van der Waals surface area contributed by atoms with Gasteiger partial charge in [0.1, 0.15) is 18.2 Å². The van der Waals surface area contributed by atoms with Crippen LogP contribution in [0.2, 0.25) is 5.02 Å². The van der Waals surface area contributed by atoms with E-state index in [1.165, 1.54) is 0 Å². The predicted octanol–water partition coefficient (Wildman–Crippen LogP) is 4.81. The highest BCUT2D eigenvalue weighted by molar-refractivity contribution is 9.10. The van der Waals surface area contributed by atoms with Crippen LogP contribution in [0.25, 0.3) is 10.9 Å². The van der Waals surface area contributed by atoms with Crippen LogP contribution in [0.4, 0.5) is 5.82 Å². The first kappa shape index (κ1) is 14.2. The minimum atomic E-state index is 0.319. The number of nitrogens with two attached hydrogens (primary N) is 1. The number of para-hydroxylation sites is 1. The van der Waals surface area contributed by atoms with Crippen LogP contribution >= 0.6 is 27.5 Å². The summed E-state index contributed by atoms with van der Waals surface area (Å²) in [6.07, 6.45) is 0. The van der Waals surface area contributed by atoms with Crippen molar-refractivity contribution in [3.8, 4) is 5.75 Å². The highest BCUT2D eigenvalue weighted by Gasteiger charge is 2.07. The molecule has 0 spiro atoms. The van der Waals surface area contributed by atoms with Gasteiger partial charge >= 0.3 is 0 Å². The number of halogens is 2. The van der Waals surface area contributed by atoms with Crippen molar-refractivity contribution >= 4 is 44.3 Å². The molecule has 0 aliphatic rings. The van der Waals surface area contributed by atoms with Crippen molar-refractivity contribution in [3.05, 3.63) is 63.6 Å². The van der Waals surface area contributed by atoms with E-state index >= 15 is 0 Å². The lowest BCUT2D eigenvalue weighted by atomic mass is 10.1. The monoisotopic (exact) mass is 362 g/mol. The first-order chi connectivity index (χ1) is 10.1. The van der Waals surface area contributed by atoms with Crippen LogP contribution in [0.3, 0.4) is 0 Å². The molecule has 0 fully saturated rings. The third-order valence-corrected chi connectivity index (χ3v) is 3.92. The molecule has 21 heavy (non-hydrogen) atoms. The molecule has 3 nitrogen and oxygen atoms in total. The molecular formula is C16H12BrClN2O. The predicted molar refractivity (Wildman–Crippen MR) is 89.6 cm³/mol. The molecule has 0 amide bonds. The summed E-state index contributed by atoms with van der Waals surface area (Å²) in [6.45, 7) is 0.319. The molecule has 0 radical (unpaired) electrons. The first-order valence-corrected chi connectivity index (χ1v) is 7.52. The average Bonchev–Trinajstić information content (AvgIpc) is 2.48. The van der Waals surface area contributed by atoms with E-state index < -0.39 is 0 Å². The summed E-state index contributed by atoms with van der Waals surface area (Å²) in [5, 5.41) is 1.59. The van der Waals surface area contributed by atoms with E-state index in [2.05, 4.69) is 20.9 Å². The second kappa shape index (κ2) is 5.92. The molecule has 0 saturated heterocycles. The van der Waals surface area contributed by atoms with E-state index in [-0.39, 0.29) is 0 Å². The SMILES string of the molecule is Nc1nc2ccccc2cc1COc1cc(Br)ccc1Cl. The number of nitrogens with zero attached hydrogens (tertiary/aromatic N) is 1. The minimum absolute atomic E-state index is 0.319. The van der Waals surface area contributed by atoms with Crippen LogP contribution in [0.5, 0.6) is 5.75 Å². The Morgan fingerprint density at radius 3 is 2.81 bits per heavy atom. The van der Waals surface area contributed by atoms with Crippen molar-refractivity contribution in [1.82, 2.24) is 4.98 Å². The highest BCUT2D eigenvalue weighted by Crippen LogP contribution is 2.29. The maximum atomic E-state index is 6.10. The summed E-state index contributed by atoms with van der Waals surface area (Å²) in [7, 11) is 0. The summed E-state index contributed by atoms with van der Waals surface area (Å²) < 4.78 is 6.66. The van der Waals surface area contributed by atoms with E-state index in [1.807, 2.05) is 42.5 Å². The molecule has 0 aliphatic heterocycles. The van der Waals surface area contributed by atoms with E-state index in [1.54, 1.807) is 6.07 Å². The summed E-state index contributed by atoms with van der Waals surface area (Å²) in [5.74, 6) is 1.08. The molecule has 5 heteroatoms. The topological polar surface area (TPSA) is 48.1 Å². The first-order valence-electron chi connectivity index (χ1n) is 6.35. The van der Waals surface area contributed by atoms with E-state index in [4.69, 9.17) is 22.1 Å². The number of rotatable bonds is 3. The molecular weight excluding hydrogens is 352 g/mol. The Kier molecular flexibility index (Phi) is 3.99. The summed E-state index contributed by atoms with van der Waals surface area (Å²) in [5.41, 5.74) is 7.70. The van der Waals surface area contributed by atoms with Gasteiger partial charge in [-0.05, 0) is 30.3 Å². The standard InChI is InChI=1S/C16H12BrClN2O/c17-12-5-6-13(18)15(8-12)21-9-11-7-10-3-1-2-4-14(10)20-16(11)19/h1-8H,9H2,(H2,19,20). The summed E-state index contributed by atoms with van der Waals surface area (Å²) in [4.78, 5) is 4.38. The fourth-order valence-corrected chi connectivity index (χ4v) is 2.55. The van der Waals surface area contributed by atoms with Crippen LogP contribution in [0, 0.1) is 0 Å². The van der Waals surface area contributed by atoms with Gasteiger partial charge in [0.15, 0.2) is 0 Å². The molecule has 0 aliphatic carbocycles. The number of aromatic nitrogens is 1.